The summed E-state index contributed by atoms with van der Waals surface area (Å²) in [5, 5.41) is 42.4. The fraction of sp³-hybridized carbons (Fsp3) is 0.542. The summed E-state index contributed by atoms with van der Waals surface area (Å²) in [6, 6.07) is 13.8. The monoisotopic (exact) mass is 1050 g/mol. The molecule has 0 bridgehead atoms. The normalized spacial score (nSPS) is 13.8. The van der Waals surface area contributed by atoms with E-state index in [1.165, 1.54) is 0 Å². The first kappa shape index (κ1) is 60.7. The Balaban J connectivity index is 1.14. The number of rotatable bonds is 39. The van der Waals surface area contributed by atoms with Gasteiger partial charge in [-0.25, -0.2) is 4.79 Å². The Kier molecular flexibility index (Phi) is 28.6. The number of aliphatic carboxylic acids is 4. The quantitative estimate of drug-likeness (QED) is 0.0287. The van der Waals surface area contributed by atoms with E-state index in [9.17, 15) is 58.6 Å². The van der Waals surface area contributed by atoms with Crippen molar-refractivity contribution in [3.63, 3.8) is 0 Å². The smallest absolute Gasteiger partial charge is 0.326 e. The average Bonchev–Trinajstić information content (AvgIpc) is 3.32. The minimum Gasteiger partial charge on any atom is -0.481 e. The Labute approximate surface area is 419 Å². The Bertz CT molecular complexity index is 2230. The van der Waals surface area contributed by atoms with Crippen molar-refractivity contribution in [3.05, 3.63) is 65.2 Å². The number of ketones is 1. The third kappa shape index (κ3) is 25.2. The van der Waals surface area contributed by atoms with Crippen LogP contribution in [0.1, 0.15) is 74.5 Å². The van der Waals surface area contributed by atoms with Gasteiger partial charge in [0.15, 0.2) is 0 Å². The molecular weight excluding hydrogens is 984 g/mol. The van der Waals surface area contributed by atoms with E-state index in [2.05, 4.69) is 31.0 Å². The molecule has 3 rings (SSSR count). The average molecular weight is 1050 g/mol. The molecule has 0 radical (unpaired) electrons. The van der Waals surface area contributed by atoms with Crippen LogP contribution in [-0.4, -0.2) is 164 Å². The molecule has 4 atom stereocenters. The van der Waals surface area contributed by atoms with E-state index in [1.807, 2.05) is 48.5 Å². The standard InChI is InChI=1S/C48H65N3O19P2/c52-39(31-36(46(58)59)16-22-70-72(64,71)33-38(47(60)61)11-14-45(56)57)12-13-40(48(62)63)50-43(54)18-21-66-24-26-68-28-30-69-29-27-67-25-23-65-20-17-42(53)49-19-15-44(55)51-32-37-7-2-1-5-34(37)9-10-35-6-3-4-8-41(35)51/h1-8,36,38,40,64,71H,11-33H2,(H,49,53)(H,50,54)(H,56,57)(H,58,59)(H,60,61)(H,62,63)/t36?,38?,40-,72?/m1/s1. The summed E-state index contributed by atoms with van der Waals surface area (Å²) in [5.41, 5.74) is 3.32. The maximum Gasteiger partial charge on any atom is 0.326 e. The van der Waals surface area contributed by atoms with Gasteiger partial charge in [-0.3, -0.25) is 33.6 Å². The number of carboxylic acids is 4. The number of amides is 3. The van der Waals surface area contributed by atoms with Gasteiger partial charge in [-0.1, -0.05) is 50.7 Å². The molecular formula is C48H65N3O19P2. The first-order valence-corrected chi connectivity index (χ1v) is 26.5. The van der Waals surface area contributed by atoms with Crippen LogP contribution in [0.15, 0.2) is 48.5 Å². The Hall–Kier alpha value is -5.59. The van der Waals surface area contributed by atoms with Crippen molar-refractivity contribution in [2.75, 3.05) is 90.3 Å². The number of benzene rings is 2. The number of carbonyl (C=O) groups excluding carboxylic acids is 4. The fourth-order valence-electron chi connectivity index (χ4n) is 6.86. The molecule has 1 aliphatic heterocycles. The van der Waals surface area contributed by atoms with Crippen LogP contribution in [0.2, 0.25) is 0 Å². The first-order valence-electron chi connectivity index (χ1n) is 23.3. The van der Waals surface area contributed by atoms with Gasteiger partial charge in [-0.05, 0) is 43.0 Å². The van der Waals surface area contributed by atoms with Crippen LogP contribution < -0.4 is 15.5 Å². The van der Waals surface area contributed by atoms with E-state index in [1.54, 1.807) is 4.90 Å². The van der Waals surface area contributed by atoms with Gasteiger partial charge < -0.3 is 69.1 Å². The van der Waals surface area contributed by atoms with Gasteiger partial charge in [-0.2, -0.15) is 0 Å². The van der Waals surface area contributed by atoms with Gasteiger partial charge in [0.1, 0.15) is 18.8 Å². The van der Waals surface area contributed by atoms with Crippen LogP contribution in [0.3, 0.4) is 0 Å². The molecule has 2 aromatic carbocycles. The lowest BCUT2D eigenvalue weighted by Crippen LogP contribution is -2.41. The molecule has 0 spiro atoms. The minimum atomic E-state index is -3.51. The van der Waals surface area contributed by atoms with Gasteiger partial charge in [0.2, 0.25) is 17.7 Å². The topological polar surface area (TPSA) is 320 Å². The highest BCUT2D eigenvalue weighted by Gasteiger charge is 2.29. The summed E-state index contributed by atoms with van der Waals surface area (Å²) in [6.45, 7) is 2.47. The molecule has 3 unspecified atom stereocenters. The second-order valence-electron chi connectivity index (χ2n) is 16.3. The lowest BCUT2D eigenvalue weighted by Gasteiger charge is -2.26. The van der Waals surface area contributed by atoms with Crippen molar-refractivity contribution in [1.82, 2.24) is 10.6 Å². The van der Waals surface area contributed by atoms with Crippen LogP contribution in [0.5, 0.6) is 0 Å². The van der Waals surface area contributed by atoms with Crippen LogP contribution >= 0.6 is 15.5 Å². The predicted molar refractivity (Wildman–Crippen MR) is 261 cm³/mol. The molecule has 1 heterocycles. The lowest BCUT2D eigenvalue weighted by molar-refractivity contribution is -0.145. The van der Waals surface area contributed by atoms with Crippen molar-refractivity contribution in [1.29, 1.82) is 0 Å². The number of nitrogens with one attached hydrogen (secondary N) is 2. The van der Waals surface area contributed by atoms with Gasteiger partial charge in [0.25, 0.3) is 0 Å². The Morgan fingerprint density at radius 3 is 1.74 bits per heavy atom. The van der Waals surface area contributed by atoms with Crippen LogP contribution in [-0.2, 0) is 73.1 Å². The van der Waals surface area contributed by atoms with E-state index in [4.69, 9.17) is 33.3 Å². The summed E-state index contributed by atoms with van der Waals surface area (Å²) in [7, 11) is -0.524. The number of hydrogen-bond acceptors (Lipinski definition) is 14. The number of anilines is 1. The van der Waals surface area contributed by atoms with E-state index in [-0.39, 0.29) is 110 Å². The molecule has 0 fully saturated rings. The molecule has 396 valence electrons. The molecule has 1 aliphatic rings. The summed E-state index contributed by atoms with van der Waals surface area (Å²) < 4.78 is 32.5. The zero-order valence-corrected chi connectivity index (χ0v) is 41.9. The van der Waals surface area contributed by atoms with Gasteiger partial charge in [0, 0.05) is 62.4 Å². The van der Waals surface area contributed by atoms with E-state index < -0.39 is 79.5 Å². The number of fused-ring (bicyclic) bond motifs is 2. The second-order valence-corrected chi connectivity index (χ2v) is 20.4. The third-order valence-electron chi connectivity index (χ3n) is 10.7. The van der Waals surface area contributed by atoms with Gasteiger partial charge in [-0.15, -0.1) is 0 Å². The number of carbonyl (C=O) groups is 8. The number of carboxylic acid groups (broad SMARTS) is 4. The number of nitrogens with zero attached hydrogens (tertiary/aromatic N) is 1. The Morgan fingerprint density at radius 1 is 0.611 bits per heavy atom. The zero-order valence-electron chi connectivity index (χ0n) is 40.0. The number of ether oxygens (including phenoxy) is 5. The molecule has 3 amide bonds. The fourth-order valence-corrected chi connectivity index (χ4v) is 9.24. The maximum absolute atomic E-state index is 13.3. The number of para-hydroxylation sites is 1. The zero-order chi connectivity index (χ0) is 52.7. The van der Waals surface area contributed by atoms with E-state index >= 15 is 0 Å². The van der Waals surface area contributed by atoms with E-state index in [0.29, 0.717) is 33.0 Å². The lowest BCUT2D eigenvalue weighted by atomic mass is 9.96. The van der Waals surface area contributed by atoms with Crippen molar-refractivity contribution in [2.45, 2.75) is 70.4 Å². The molecule has 0 saturated carbocycles. The Morgan fingerprint density at radius 2 is 1.15 bits per heavy atom. The second kappa shape index (κ2) is 33.9. The number of hydrogen-bond donors (Lipinski definition) is 7. The van der Waals surface area contributed by atoms with E-state index in [0.717, 1.165) is 22.4 Å². The summed E-state index contributed by atoms with van der Waals surface area (Å²) in [4.78, 5) is 109. The van der Waals surface area contributed by atoms with Gasteiger partial charge >= 0.3 is 23.9 Å². The first-order chi connectivity index (χ1) is 34.5. The van der Waals surface area contributed by atoms with Crippen LogP contribution in [0, 0.1) is 23.7 Å². The molecule has 24 heteroatoms. The number of Topliss-reactive ketones (excluding diaryl/α,β-unsaturated/α-hetero) is 1. The highest BCUT2D eigenvalue weighted by Crippen LogP contribution is 2.50. The maximum atomic E-state index is 13.3. The van der Waals surface area contributed by atoms with Crippen molar-refractivity contribution in [2.24, 2.45) is 11.8 Å². The highest BCUT2D eigenvalue weighted by molar-refractivity contribution is 7.92. The van der Waals surface area contributed by atoms with Crippen molar-refractivity contribution < 1.29 is 91.9 Å². The minimum absolute atomic E-state index is 0.0385. The highest BCUT2D eigenvalue weighted by atomic mass is 31.8. The summed E-state index contributed by atoms with van der Waals surface area (Å²) in [6.07, 6.45) is -2.48. The SMILES string of the molecule is O=C(O)CCC(CP(O)(=P)OCCC(CC(=O)CC[C@@H](NC(=O)CCOCCOCCOCCOCCOCCC(=O)NCCC(=O)N1Cc2ccccc2C#Cc2ccccc21)C(=O)O)C(=O)O)C(=O)O. The molecule has 7 N–H and O–H groups in total. The largest absolute Gasteiger partial charge is 0.481 e. The molecule has 0 aromatic heterocycles. The predicted octanol–water partition coefficient (Wildman–Crippen LogP) is 3.18. The summed E-state index contributed by atoms with van der Waals surface area (Å²) >= 11 is 0. The molecule has 0 saturated heterocycles. The molecule has 22 nitrogen and oxygen atoms in total. The molecule has 72 heavy (non-hydrogen) atoms. The van der Waals surface area contributed by atoms with Crippen molar-refractivity contribution >= 4 is 68.6 Å². The summed E-state index contributed by atoms with van der Waals surface area (Å²) in [5.74, 6) is -3.04. The van der Waals surface area contributed by atoms with Crippen LogP contribution in [0.4, 0.5) is 5.69 Å². The van der Waals surface area contributed by atoms with Crippen LogP contribution in [0.25, 0.3) is 0 Å². The third-order valence-corrected chi connectivity index (χ3v) is 13.2. The van der Waals surface area contributed by atoms with Crippen molar-refractivity contribution in [3.8, 4) is 11.8 Å². The molecule has 0 aliphatic carbocycles. The van der Waals surface area contributed by atoms with Gasteiger partial charge in [0.05, 0.1) is 96.7 Å². The molecule has 2 aromatic rings.